The van der Waals surface area contributed by atoms with Gasteiger partial charge in [-0.05, 0) is 37.8 Å². The number of likely N-dealkylation sites (tertiary alicyclic amines) is 1. The molecule has 1 aromatic heterocycles. The van der Waals surface area contributed by atoms with E-state index in [1.807, 2.05) is 23.1 Å². The summed E-state index contributed by atoms with van der Waals surface area (Å²) in [5.74, 6) is 0.127. The molecule has 24 heavy (non-hydrogen) atoms. The quantitative estimate of drug-likeness (QED) is 0.895. The number of amides is 1. The number of carbonyl (C=O) groups excluding carboxylic acids is 1. The van der Waals surface area contributed by atoms with E-state index in [4.69, 9.17) is 9.47 Å². The van der Waals surface area contributed by atoms with Gasteiger partial charge < -0.3 is 19.5 Å². The van der Waals surface area contributed by atoms with Crippen molar-refractivity contribution < 1.29 is 19.4 Å². The van der Waals surface area contributed by atoms with Gasteiger partial charge in [-0.25, -0.2) is 0 Å². The van der Waals surface area contributed by atoms with Crippen molar-refractivity contribution in [3.05, 3.63) is 30.1 Å². The van der Waals surface area contributed by atoms with E-state index in [-0.39, 0.29) is 36.2 Å². The number of aliphatic hydroxyl groups is 1. The molecular formula is C18H24N2O4. The molecule has 3 fully saturated rings. The highest BCUT2D eigenvalue weighted by Gasteiger charge is 2.49. The van der Waals surface area contributed by atoms with Gasteiger partial charge in [0, 0.05) is 25.3 Å². The van der Waals surface area contributed by atoms with E-state index in [1.54, 1.807) is 6.20 Å². The first-order valence-electron chi connectivity index (χ1n) is 8.84. The second kappa shape index (κ2) is 6.78. The summed E-state index contributed by atoms with van der Waals surface area (Å²) < 4.78 is 12.0. The first-order valence-corrected chi connectivity index (χ1v) is 8.84. The zero-order valence-corrected chi connectivity index (χ0v) is 13.7. The lowest BCUT2D eigenvalue weighted by Gasteiger charge is -2.37. The van der Waals surface area contributed by atoms with E-state index >= 15 is 0 Å². The number of carbonyl (C=O) groups is 1. The Balaban J connectivity index is 1.42. The molecule has 3 aliphatic rings. The fraction of sp³-hybridized carbons (Fsp3) is 0.667. The van der Waals surface area contributed by atoms with Crippen LogP contribution < -0.4 is 0 Å². The summed E-state index contributed by atoms with van der Waals surface area (Å²) in [5, 5.41) is 9.48. The molecule has 0 bridgehead atoms. The van der Waals surface area contributed by atoms with E-state index in [0.717, 1.165) is 25.1 Å². The van der Waals surface area contributed by atoms with E-state index in [0.29, 0.717) is 26.0 Å². The fourth-order valence-electron chi connectivity index (χ4n) is 4.01. The van der Waals surface area contributed by atoms with Crippen LogP contribution in [0.1, 0.15) is 31.4 Å². The minimum absolute atomic E-state index is 0.0304. The maximum Gasteiger partial charge on any atom is 0.226 e. The summed E-state index contributed by atoms with van der Waals surface area (Å²) in [6.07, 6.45) is 4.42. The van der Waals surface area contributed by atoms with Gasteiger partial charge in [-0.3, -0.25) is 9.78 Å². The van der Waals surface area contributed by atoms with Crippen LogP contribution in [0.2, 0.25) is 0 Å². The number of hydrogen-bond acceptors (Lipinski definition) is 5. The SMILES string of the molecule is O=C(C1CC(O)C1)N1C[C@H](OCc2ccccn2)[C@H]2OCCC[C@H]21. The first kappa shape index (κ1) is 16.0. The van der Waals surface area contributed by atoms with Gasteiger partial charge in [-0.15, -0.1) is 0 Å². The number of aliphatic hydroxyl groups excluding tert-OH is 1. The molecule has 6 nitrogen and oxygen atoms in total. The van der Waals surface area contributed by atoms with Crippen LogP contribution in [0.25, 0.3) is 0 Å². The summed E-state index contributed by atoms with van der Waals surface area (Å²) in [5.41, 5.74) is 0.886. The molecule has 2 aliphatic heterocycles. The highest BCUT2D eigenvalue weighted by Crippen LogP contribution is 2.36. The zero-order chi connectivity index (χ0) is 16.5. The fourth-order valence-corrected chi connectivity index (χ4v) is 4.01. The van der Waals surface area contributed by atoms with Gasteiger partial charge in [0.25, 0.3) is 0 Å². The second-order valence-corrected chi connectivity index (χ2v) is 7.03. The average Bonchev–Trinajstić information content (AvgIpc) is 2.96. The minimum atomic E-state index is -0.309. The maximum absolute atomic E-state index is 12.7. The molecule has 1 saturated carbocycles. The Morgan fingerprint density at radius 2 is 2.29 bits per heavy atom. The normalized spacial score (nSPS) is 35.4. The molecule has 0 aromatic carbocycles. The number of pyridine rings is 1. The predicted octanol–water partition coefficient (Wildman–Crippen LogP) is 1.13. The Morgan fingerprint density at radius 3 is 3.04 bits per heavy atom. The van der Waals surface area contributed by atoms with Crippen LogP contribution in [0.15, 0.2) is 24.4 Å². The largest absolute Gasteiger partial charge is 0.393 e. The van der Waals surface area contributed by atoms with E-state index in [9.17, 15) is 9.90 Å². The molecule has 0 radical (unpaired) electrons. The van der Waals surface area contributed by atoms with Crippen LogP contribution >= 0.6 is 0 Å². The third-order valence-electron chi connectivity index (χ3n) is 5.39. The molecule has 1 N–H and O–H groups in total. The number of hydrogen-bond donors (Lipinski definition) is 1. The lowest BCUT2D eigenvalue weighted by Crippen LogP contribution is -2.48. The molecule has 0 spiro atoms. The third-order valence-corrected chi connectivity index (χ3v) is 5.39. The lowest BCUT2D eigenvalue weighted by molar-refractivity contribution is -0.145. The van der Waals surface area contributed by atoms with Crippen LogP contribution in [0, 0.1) is 5.92 Å². The number of aromatic nitrogens is 1. The predicted molar refractivity (Wildman–Crippen MR) is 86.0 cm³/mol. The zero-order valence-electron chi connectivity index (χ0n) is 13.7. The summed E-state index contributed by atoms with van der Waals surface area (Å²) in [6.45, 7) is 1.74. The smallest absolute Gasteiger partial charge is 0.226 e. The minimum Gasteiger partial charge on any atom is -0.393 e. The average molecular weight is 332 g/mol. The molecule has 1 aromatic rings. The highest BCUT2D eigenvalue weighted by atomic mass is 16.5. The molecule has 1 aliphatic carbocycles. The number of fused-ring (bicyclic) bond motifs is 1. The van der Waals surface area contributed by atoms with Gasteiger partial charge in [0.2, 0.25) is 5.91 Å². The van der Waals surface area contributed by atoms with Crippen LogP contribution in [0.4, 0.5) is 0 Å². The number of nitrogens with zero attached hydrogens (tertiary/aromatic N) is 2. The Labute approximate surface area is 141 Å². The molecule has 0 unspecified atom stereocenters. The summed E-state index contributed by atoms with van der Waals surface area (Å²) in [7, 11) is 0. The summed E-state index contributed by atoms with van der Waals surface area (Å²) in [6, 6.07) is 5.87. The van der Waals surface area contributed by atoms with E-state index in [1.165, 1.54) is 0 Å². The van der Waals surface area contributed by atoms with Gasteiger partial charge in [-0.1, -0.05) is 6.07 Å². The standard InChI is InChI=1S/C18H24N2O4/c21-14-8-12(9-14)18(22)20-10-16(17-15(20)5-3-7-23-17)24-11-13-4-1-2-6-19-13/h1-2,4,6,12,14-17,21H,3,5,7-11H2/t12?,14?,15-,16+,17+/m1/s1. The Morgan fingerprint density at radius 1 is 1.42 bits per heavy atom. The third kappa shape index (κ3) is 3.06. The van der Waals surface area contributed by atoms with Crippen molar-refractivity contribution in [2.75, 3.05) is 13.2 Å². The molecule has 2 saturated heterocycles. The van der Waals surface area contributed by atoms with Crippen LogP contribution in [0.3, 0.4) is 0 Å². The Kier molecular flexibility index (Phi) is 4.52. The number of ether oxygens (including phenoxy) is 2. The van der Waals surface area contributed by atoms with Gasteiger partial charge in [0.05, 0.1) is 24.4 Å². The molecule has 130 valence electrons. The first-order chi connectivity index (χ1) is 11.7. The molecule has 1 amide bonds. The maximum atomic E-state index is 12.7. The van der Waals surface area contributed by atoms with Crippen LogP contribution in [-0.4, -0.2) is 58.4 Å². The summed E-state index contributed by atoms with van der Waals surface area (Å²) in [4.78, 5) is 19.0. The van der Waals surface area contributed by atoms with Gasteiger partial charge in [-0.2, -0.15) is 0 Å². The number of rotatable bonds is 4. The van der Waals surface area contributed by atoms with Gasteiger partial charge in [0.1, 0.15) is 12.2 Å². The molecule has 4 rings (SSSR count). The van der Waals surface area contributed by atoms with Crippen molar-refractivity contribution in [1.29, 1.82) is 0 Å². The van der Waals surface area contributed by atoms with Crippen molar-refractivity contribution in [1.82, 2.24) is 9.88 Å². The second-order valence-electron chi connectivity index (χ2n) is 7.03. The van der Waals surface area contributed by atoms with Crippen LogP contribution in [0.5, 0.6) is 0 Å². The topological polar surface area (TPSA) is 71.9 Å². The molecule has 3 heterocycles. The lowest BCUT2D eigenvalue weighted by atomic mass is 9.81. The van der Waals surface area contributed by atoms with Gasteiger partial charge >= 0.3 is 0 Å². The Hall–Kier alpha value is -1.50. The Bertz CT molecular complexity index is 576. The molecular weight excluding hydrogens is 308 g/mol. The van der Waals surface area contributed by atoms with E-state index in [2.05, 4.69) is 4.98 Å². The van der Waals surface area contributed by atoms with Crippen molar-refractivity contribution in [2.24, 2.45) is 5.92 Å². The molecule has 3 atom stereocenters. The van der Waals surface area contributed by atoms with Crippen molar-refractivity contribution in [2.45, 2.75) is 56.6 Å². The van der Waals surface area contributed by atoms with Crippen molar-refractivity contribution in [3.8, 4) is 0 Å². The molecule has 6 heteroatoms. The summed E-state index contributed by atoms with van der Waals surface area (Å²) >= 11 is 0. The highest BCUT2D eigenvalue weighted by molar-refractivity contribution is 5.80. The van der Waals surface area contributed by atoms with Crippen molar-refractivity contribution >= 4 is 5.91 Å². The monoisotopic (exact) mass is 332 g/mol. The van der Waals surface area contributed by atoms with E-state index < -0.39 is 0 Å². The van der Waals surface area contributed by atoms with Gasteiger partial charge in [0.15, 0.2) is 0 Å². The van der Waals surface area contributed by atoms with Crippen LogP contribution in [-0.2, 0) is 20.9 Å². The van der Waals surface area contributed by atoms with Crippen molar-refractivity contribution in [3.63, 3.8) is 0 Å².